The zero-order valence-corrected chi connectivity index (χ0v) is 21.6. The molecule has 0 amide bonds. The number of carbonyl (C=O) groups excluding carboxylic acids is 1. The number of rotatable bonds is 6. The first-order chi connectivity index (χ1) is 18.1. The average molecular weight is 586 g/mol. The van der Waals surface area contributed by atoms with E-state index in [-0.39, 0.29) is 10.0 Å². The molecule has 0 aliphatic carbocycles. The summed E-state index contributed by atoms with van der Waals surface area (Å²) < 4.78 is 66.5. The average Bonchev–Trinajstić information content (AvgIpc) is 3.50. The molecule has 8 nitrogen and oxygen atoms in total. The van der Waals surface area contributed by atoms with Crippen molar-refractivity contribution in [3.05, 3.63) is 78.0 Å². The summed E-state index contributed by atoms with van der Waals surface area (Å²) in [7, 11) is 3.00. The number of H-pyrrole nitrogens is 1. The molecule has 1 radical (unpaired) electrons. The van der Waals surface area contributed by atoms with Gasteiger partial charge < -0.3 is 4.74 Å². The molecule has 0 fully saturated rings. The number of aryl methyl sites for hydroxylation is 1. The van der Waals surface area contributed by atoms with Crippen molar-refractivity contribution in [1.29, 1.82) is 0 Å². The Labute approximate surface area is 219 Å². The number of hydrogen-bond donors (Lipinski definition) is 1. The Morgan fingerprint density at radius 1 is 1.05 bits per heavy atom. The van der Waals surface area contributed by atoms with E-state index in [2.05, 4.69) is 24.7 Å². The second kappa shape index (κ2) is 9.94. The van der Waals surface area contributed by atoms with Crippen LogP contribution in [-0.2, 0) is 18.0 Å². The summed E-state index contributed by atoms with van der Waals surface area (Å²) in [6.45, 7) is 0. The number of aromatic amines is 1. The molecule has 0 aliphatic heterocycles. The third-order valence-corrected chi connectivity index (χ3v) is 8.00. The van der Waals surface area contributed by atoms with Gasteiger partial charge in [0.05, 0.1) is 7.11 Å². The van der Waals surface area contributed by atoms with E-state index in [0.29, 0.717) is 33.1 Å². The number of pyridine rings is 1. The van der Waals surface area contributed by atoms with Gasteiger partial charge in [-0.2, -0.15) is 0 Å². The number of halogens is 4. The van der Waals surface area contributed by atoms with Crippen LogP contribution in [0.2, 0.25) is 0 Å². The molecule has 3 aromatic heterocycles. The molecule has 0 spiro atoms. The first-order valence-electron chi connectivity index (χ1n) is 10.9. The monoisotopic (exact) mass is 586 g/mol. The van der Waals surface area contributed by atoms with Crippen LogP contribution in [0.1, 0.15) is 16.1 Å². The van der Waals surface area contributed by atoms with Gasteiger partial charge in [0.1, 0.15) is 0 Å². The Balaban J connectivity index is 1.39. The summed E-state index contributed by atoms with van der Waals surface area (Å²) in [4.78, 5) is 27.4. The topological polar surface area (TPSA) is 94.9 Å². The Morgan fingerprint density at radius 2 is 1.84 bits per heavy atom. The molecule has 0 saturated carbocycles. The number of esters is 1. The van der Waals surface area contributed by atoms with Crippen molar-refractivity contribution in [2.24, 2.45) is 7.05 Å². The molecule has 0 atom stereocenters. The van der Waals surface area contributed by atoms with E-state index in [9.17, 15) is 22.4 Å². The number of fused-ring (bicyclic) bond motifs is 1. The van der Waals surface area contributed by atoms with Gasteiger partial charge in [0.25, 0.3) is 0 Å². The first-order valence-corrected chi connectivity index (χ1v) is 12.8. The Morgan fingerprint density at radius 3 is 2.61 bits per heavy atom. The zero-order valence-electron chi connectivity index (χ0n) is 19.7. The molecule has 5 aromatic rings. The van der Waals surface area contributed by atoms with Crippen molar-refractivity contribution in [2.75, 3.05) is 7.11 Å². The molecule has 0 unspecified atom stereocenters. The molecule has 5 rings (SSSR count). The minimum atomic E-state index is -4.56. The maximum atomic E-state index is 14.3. The number of nitrogens with zero attached hydrogens (tertiary/aromatic N) is 4. The van der Waals surface area contributed by atoms with Gasteiger partial charge in [-0.05, 0) is 0 Å². The normalized spacial score (nSPS) is 11.9. The minimum absolute atomic E-state index is 0.0106. The van der Waals surface area contributed by atoms with E-state index in [1.165, 1.54) is 19.5 Å². The van der Waals surface area contributed by atoms with Gasteiger partial charge in [0, 0.05) is 0 Å². The van der Waals surface area contributed by atoms with Crippen molar-refractivity contribution in [2.45, 2.75) is 6.18 Å². The van der Waals surface area contributed by atoms with Gasteiger partial charge in [-0.1, -0.05) is 0 Å². The summed E-state index contributed by atoms with van der Waals surface area (Å²) in [6.07, 6.45) is -1.69. The van der Waals surface area contributed by atoms with Crippen LogP contribution in [0.4, 0.5) is 17.6 Å². The van der Waals surface area contributed by atoms with E-state index in [1.807, 2.05) is 0 Å². The molecule has 38 heavy (non-hydrogen) atoms. The van der Waals surface area contributed by atoms with Crippen LogP contribution in [0, 0.1) is 5.82 Å². The zero-order chi connectivity index (χ0) is 27.0. The van der Waals surface area contributed by atoms with Crippen molar-refractivity contribution in [3.63, 3.8) is 0 Å². The predicted octanol–water partition coefficient (Wildman–Crippen LogP) is 3.75. The number of hydrogen-bond acceptors (Lipinski definition) is 6. The van der Waals surface area contributed by atoms with Crippen LogP contribution in [-0.4, -0.2) is 53.3 Å². The molecule has 3 heterocycles. The van der Waals surface area contributed by atoms with Crippen LogP contribution >= 0.6 is 0 Å². The van der Waals surface area contributed by atoms with Crippen molar-refractivity contribution in [3.8, 4) is 23.0 Å². The van der Waals surface area contributed by atoms with Crippen LogP contribution in [0.5, 0.6) is 11.5 Å². The summed E-state index contributed by atoms with van der Waals surface area (Å²) in [5.41, 5.74) is 0.985. The molecule has 2 aromatic carbocycles. The first kappa shape index (κ1) is 25.5. The quantitative estimate of drug-likeness (QED) is 0.185. The summed E-state index contributed by atoms with van der Waals surface area (Å²) >= 11 is -1.16. The molecule has 0 bridgehead atoms. The molecule has 0 aliphatic rings. The molecular formula is C25H17AsF4N5O3. The summed E-state index contributed by atoms with van der Waals surface area (Å²) in [6, 6.07) is 10.9. The van der Waals surface area contributed by atoms with E-state index in [1.54, 1.807) is 41.9 Å². The van der Waals surface area contributed by atoms with E-state index in [4.69, 9.17) is 4.74 Å². The number of carbonyl (C=O) groups is 1. The Bertz CT molecular complexity index is 1660. The fourth-order valence-corrected chi connectivity index (χ4v) is 5.75. The van der Waals surface area contributed by atoms with Crippen LogP contribution in [0.25, 0.3) is 22.6 Å². The van der Waals surface area contributed by atoms with E-state index >= 15 is 0 Å². The molecule has 1 N–H and O–H groups in total. The standard InChI is InChI=1S/C25H17AsF4N5O3/c1-35-21-6-4-14(38-15-7-8-31-19(11-15)22-32-12-20(33-22)23(36)37-2)10-18(21)34-24(35)26-16-9-13(25(28,29)30)3-5-17(16)27/h3-12H,1-2H3,(H,32,33). The van der Waals surface area contributed by atoms with Crippen molar-refractivity contribution in [1.82, 2.24) is 24.5 Å². The van der Waals surface area contributed by atoms with E-state index in [0.717, 1.165) is 23.7 Å². The molecular weight excluding hydrogens is 569 g/mol. The van der Waals surface area contributed by atoms with Crippen LogP contribution in [0.15, 0.2) is 60.9 Å². The van der Waals surface area contributed by atoms with Crippen molar-refractivity contribution >= 4 is 41.7 Å². The van der Waals surface area contributed by atoms with Gasteiger partial charge in [-0.15, -0.1) is 0 Å². The van der Waals surface area contributed by atoms with Gasteiger partial charge in [-0.3, -0.25) is 0 Å². The second-order valence-corrected chi connectivity index (χ2v) is 10.3. The van der Waals surface area contributed by atoms with Gasteiger partial charge >= 0.3 is 203 Å². The summed E-state index contributed by atoms with van der Waals surface area (Å²) in [5, 5.41) is 0. The molecule has 13 heteroatoms. The van der Waals surface area contributed by atoms with Crippen molar-refractivity contribution < 1.29 is 31.8 Å². The maximum absolute atomic E-state index is 14.3. The number of imidazole rings is 2. The number of ether oxygens (including phenoxy) is 2. The summed E-state index contributed by atoms with van der Waals surface area (Å²) in [5.74, 6) is -0.00453. The third kappa shape index (κ3) is 5.12. The third-order valence-electron chi connectivity index (χ3n) is 5.51. The SMILES string of the molecule is COC(=O)c1cnc(-c2cc(Oc3ccc4c(c3)nc([As]c3cc(C(F)(F)F)ccc3F)n4C)ccn2)[nH]1. The molecule has 0 saturated heterocycles. The Hall–Kier alpha value is -4.18. The van der Waals surface area contributed by atoms with Crippen LogP contribution in [0.3, 0.4) is 0 Å². The van der Waals surface area contributed by atoms with Crippen LogP contribution < -0.4 is 13.7 Å². The number of nitrogens with one attached hydrogen (secondary N) is 1. The van der Waals surface area contributed by atoms with Gasteiger partial charge in [0.15, 0.2) is 0 Å². The predicted molar refractivity (Wildman–Crippen MR) is 130 cm³/mol. The second-order valence-electron chi connectivity index (χ2n) is 8.01. The number of benzene rings is 2. The van der Waals surface area contributed by atoms with Gasteiger partial charge in [0.2, 0.25) is 0 Å². The number of aromatic nitrogens is 5. The van der Waals surface area contributed by atoms with E-state index < -0.39 is 39.3 Å². The fraction of sp³-hybridized carbons (Fsp3) is 0.120. The molecule has 193 valence electrons. The number of alkyl halides is 3. The number of methoxy groups -OCH3 is 1. The Kier molecular flexibility index (Phi) is 6.66. The van der Waals surface area contributed by atoms with Gasteiger partial charge in [-0.25, -0.2) is 4.79 Å². The fourth-order valence-electron chi connectivity index (χ4n) is 3.62.